The van der Waals surface area contributed by atoms with Crippen LogP contribution in [-0.2, 0) is 11.2 Å². The Morgan fingerprint density at radius 3 is 2.04 bits per heavy atom. The van der Waals surface area contributed by atoms with Gasteiger partial charge in [0.2, 0.25) is 11.6 Å². The number of nitrogens with one attached hydrogen (secondary N) is 2. The van der Waals surface area contributed by atoms with E-state index in [1.807, 2.05) is 30.3 Å². The molecule has 0 aliphatic heterocycles. The van der Waals surface area contributed by atoms with Crippen LogP contribution in [0.5, 0.6) is 23.3 Å². The zero-order chi connectivity index (χ0) is 36.5. The van der Waals surface area contributed by atoms with Crippen molar-refractivity contribution in [2.75, 3.05) is 5.32 Å². The molecule has 0 saturated carbocycles. The van der Waals surface area contributed by atoms with Crippen LogP contribution in [0.2, 0.25) is 0 Å². The molecule has 258 valence electrons. The van der Waals surface area contributed by atoms with Crippen LogP contribution in [-0.4, -0.2) is 56.3 Å². The van der Waals surface area contributed by atoms with E-state index in [-0.39, 0.29) is 22.7 Å². The van der Waals surface area contributed by atoms with Crippen molar-refractivity contribution in [3.05, 3.63) is 107 Å². The Kier molecular flexibility index (Phi) is 12.2. The van der Waals surface area contributed by atoms with Gasteiger partial charge in [-0.05, 0) is 55.7 Å². The van der Waals surface area contributed by atoms with Crippen LogP contribution in [0.3, 0.4) is 0 Å². The number of halogens is 5. The van der Waals surface area contributed by atoms with Gasteiger partial charge in [-0.1, -0.05) is 42.5 Å². The highest BCUT2D eigenvalue weighted by Crippen LogP contribution is 2.37. The minimum absolute atomic E-state index is 0.0340. The molecule has 0 bridgehead atoms. The van der Waals surface area contributed by atoms with Crippen LogP contribution < -0.4 is 20.5 Å². The van der Waals surface area contributed by atoms with Gasteiger partial charge < -0.3 is 35.8 Å². The number of ether oxygens (including phenoxy) is 2. The number of hydrogen-bond acceptors (Lipinski definition) is 8. The van der Waals surface area contributed by atoms with E-state index in [0.29, 0.717) is 12.8 Å². The summed E-state index contributed by atoms with van der Waals surface area (Å²) in [6.45, 7) is 1.73. The molecule has 0 radical (unpaired) electrons. The fraction of sp³-hybridized carbons (Fsp3) is 0.156. The maximum Gasteiger partial charge on any atom is 0.490 e. The van der Waals surface area contributed by atoms with Crippen LogP contribution in [0.4, 0.5) is 27.6 Å². The van der Waals surface area contributed by atoms with Gasteiger partial charge >= 0.3 is 24.1 Å². The summed E-state index contributed by atoms with van der Waals surface area (Å²) in [4.78, 5) is 35.9. The predicted molar refractivity (Wildman–Crippen MR) is 164 cm³/mol. The molecule has 0 aliphatic carbocycles. The fourth-order valence-electron chi connectivity index (χ4n) is 3.97. The van der Waals surface area contributed by atoms with E-state index in [2.05, 4.69) is 10.3 Å². The molecule has 1 unspecified atom stereocenters. The van der Waals surface area contributed by atoms with Crippen molar-refractivity contribution in [1.29, 1.82) is 5.41 Å². The van der Waals surface area contributed by atoms with Gasteiger partial charge in [0.15, 0.2) is 0 Å². The Labute approximate surface area is 274 Å². The molecule has 0 aliphatic rings. The van der Waals surface area contributed by atoms with Crippen LogP contribution in [0, 0.1) is 17.0 Å². The number of pyridine rings is 1. The number of nitrogens with zero attached hydrogens (tertiary/aromatic N) is 1. The second-order valence-electron chi connectivity index (χ2n) is 10.1. The van der Waals surface area contributed by atoms with Crippen LogP contribution >= 0.6 is 0 Å². The number of aryl methyl sites for hydroxylation is 1. The third kappa shape index (κ3) is 10.4. The molecule has 4 aromatic rings. The zero-order valence-electron chi connectivity index (χ0n) is 25.2. The summed E-state index contributed by atoms with van der Waals surface area (Å²) < 4.78 is 74.3. The van der Waals surface area contributed by atoms with Gasteiger partial charge in [0.05, 0.1) is 5.56 Å². The Balaban J connectivity index is 0.000000838. The number of hydrogen-bond donors (Lipinski definition) is 6. The first-order valence-electron chi connectivity index (χ1n) is 13.9. The summed E-state index contributed by atoms with van der Waals surface area (Å²) in [5.74, 6) is -10.3. The van der Waals surface area contributed by atoms with E-state index in [4.69, 9.17) is 30.5 Å². The van der Waals surface area contributed by atoms with Crippen molar-refractivity contribution in [1.82, 2.24) is 4.98 Å². The van der Waals surface area contributed by atoms with Gasteiger partial charge in [-0.3, -0.25) is 5.41 Å². The van der Waals surface area contributed by atoms with E-state index in [0.717, 1.165) is 23.8 Å². The number of carboxylic acid groups (broad SMARTS) is 3. The number of carbonyl (C=O) groups is 3. The van der Waals surface area contributed by atoms with E-state index in [1.54, 1.807) is 6.92 Å². The lowest BCUT2D eigenvalue weighted by Crippen LogP contribution is -2.21. The fourth-order valence-corrected chi connectivity index (χ4v) is 3.97. The number of benzene rings is 3. The number of alkyl halides is 3. The number of aromatic carboxylic acids is 2. The van der Waals surface area contributed by atoms with Crippen LogP contribution in [0.15, 0.2) is 72.8 Å². The Morgan fingerprint density at radius 1 is 0.878 bits per heavy atom. The Morgan fingerprint density at radius 2 is 1.49 bits per heavy atom. The van der Waals surface area contributed by atoms with Crippen LogP contribution in [0.1, 0.15) is 45.2 Å². The summed E-state index contributed by atoms with van der Waals surface area (Å²) in [7, 11) is 0. The second-order valence-corrected chi connectivity index (χ2v) is 10.1. The lowest BCUT2D eigenvalue weighted by Gasteiger charge is -2.19. The molecule has 49 heavy (non-hydrogen) atoms. The van der Waals surface area contributed by atoms with Crippen LogP contribution in [0.25, 0.3) is 0 Å². The van der Waals surface area contributed by atoms with Crippen molar-refractivity contribution in [3.8, 4) is 23.3 Å². The molecule has 12 nitrogen and oxygen atoms in total. The second kappa shape index (κ2) is 16.0. The molecule has 4 rings (SSSR count). The smallest absolute Gasteiger partial charge is 0.478 e. The summed E-state index contributed by atoms with van der Waals surface area (Å²) >= 11 is 0. The number of nitrogens with two attached hydrogens (primary N) is 1. The first-order valence-corrected chi connectivity index (χ1v) is 13.9. The highest BCUT2D eigenvalue weighted by Gasteiger charge is 2.38. The highest BCUT2D eigenvalue weighted by atomic mass is 19.4. The lowest BCUT2D eigenvalue weighted by molar-refractivity contribution is -0.192. The third-order valence-electron chi connectivity index (χ3n) is 6.38. The molecular weight excluding hydrogens is 663 g/mol. The van der Waals surface area contributed by atoms with Gasteiger partial charge in [0, 0.05) is 11.6 Å². The minimum Gasteiger partial charge on any atom is -0.478 e. The zero-order valence-corrected chi connectivity index (χ0v) is 25.2. The van der Waals surface area contributed by atoms with Gasteiger partial charge in [-0.25, -0.2) is 14.4 Å². The minimum atomic E-state index is -5.08. The standard InChI is InChI=1S/C30H26F2N4O6.C2HF3O2/c1-16(10-11-17-6-3-2-4-7-17)35-25-23(31)27(41-20-9-5-8-18(14-20)26(33)34)36-28(24(25)32)42-22-13-12-19(29(37)38)15-21(22)30(39)40;3-2(4,5)1(6)7/h2-9,12-16H,10-11H2,1H3,(H3,33,34)(H,35,36)(H,37,38)(H,39,40);(H,6,7). The van der Waals surface area contributed by atoms with Gasteiger partial charge in [-0.15, -0.1) is 0 Å². The number of anilines is 1. The molecule has 1 atom stereocenters. The number of amidine groups is 1. The van der Waals surface area contributed by atoms with Crippen molar-refractivity contribution in [2.45, 2.75) is 32.0 Å². The molecule has 1 heterocycles. The summed E-state index contributed by atoms with van der Waals surface area (Å²) in [6.07, 6.45) is -3.97. The van der Waals surface area contributed by atoms with E-state index >= 15 is 8.78 Å². The van der Waals surface area contributed by atoms with Crippen molar-refractivity contribution in [3.63, 3.8) is 0 Å². The molecule has 3 aromatic carbocycles. The number of rotatable bonds is 12. The molecule has 17 heteroatoms. The average molecular weight is 691 g/mol. The third-order valence-corrected chi connectivity index (χ3v) is 6.38. The molecule has 0 spiro atoms. The van der Waals surface area contributed by atoms with E-state index in [1.165, 1.54) is 24.3 Å². The predicted octanol–water partition coefficient (Wildman–Crippen LogP) is 6.69. The lowest BCUT2D eigenvalue weighted by atomic mass is 10.1. The maximum atomic E-state index is 15.7. The Hall–Kier alpha value is -6.26. The van der Waals surface area contributed by atoms with E-state index in [9.17, 15) is 33.0 Å². The topological polar surface area (TPSA) is 205 Å². The number of aliphatic carboxylic acids is 1. The molecule has 1 aromatic heterocycles. The van der Waals surface area contributed by atoms with E-state index < -0.39 is 70.5 Å². The van der Waals surface area contributed by atoms with Gasteiger partial charge in [0.25, 0.3) is 11.8 Å². The van der Waals surface area contributed by atoms with Gasteiger partial charge in [0.1, 0.15) is 28.6 Å². The first kappa shape index (κ1) is 37.2. The summed E-state index contributed by atoms with van der Waals surface area (Å²) in [5, 5.41) is 36.4. The van der Waals surface area contributed by atoms with Crippen molar-refractivity contribution in [2.24, 2.45) is 5.73 Å². The van der Waals surface area contributed by atoms with Crippen molar-refractivity contribution >= 4 is 29.4 Å². The molecule has 0 amide bonds. The molecule has 0 saturated heterocycles. The summed E-state index contributed by atoms with van der Waals surface area (Å²) in [6, 6.07) is 17.9. The SMILES string of the molecule is CC(CCc1ccccc1)Nc1c(F)c(Oc2cccc(C(=N)N)c2)nc(Oc2ccc(C(=O)O)cc2C(=O)O)c1F.O=C(O)C(F)(F)F. The molecule has 0 fully saturated rings. The van der Waals surface area contributed by atoms with Crippen molar-refractivity contribution < 1.29 is 61.1 Å². The quantitative estimate of drug-likeness (QED) is 0.0525. The monoisotopic (exact) mass is 690 g/mol. The summed E-state index contributed by atoms with van der Waals surface area (Å²) in [5.41, 5.74) is 5.30. The normalized spacial score (nSPS) is 11.4. The number of aromatic nitrogens is 1. The number of carboxylic acids is 3. The highest BCUT2D eigenvalue weighted by molar-refractivity contribution is 5.96. The largest absolute Gasteiger partial charge is 0.490 e. The molecule has 7 N–H and O–H groups in total. The first-order chi connectivity index (χ1) is 23.0. The Bertz CT molecular complexity index is 1860. The maximum absolute atomic E-state index is 15.7. The average Bonchev–Trinajstić information content (AvgIpc) is 3.04. The van der Waals surface area contributed by atoms with Gasteiger partial charge in [-0.2, -0.15) is 26.9 Å². The number of nitrogen functional groups attached to an aromatic ring is 1. The molecular formula is C32H27F5N4O8.